The number of hydrogen-bond acceptors (Lipinski definition) is 4. The van der Waals surface area contributed by atoms with Gasteiger partial charge in [0.2, 0.25) is 0 Å². The molecule has 0 bridgehead atoms. The van der Waals surface area contributed by atoms with Gasteiger partial charge in [0.15, 0.2) is 6.10 Å². The van der Waals surface area contributed by atoms with E-state index in [1.807, 2.05) is 0 Å². The molecule has 0 spiro atoms. The van der Waals surface area contributed by atoms with Crippen LogP contribution in [0.15, 0.2) is 21.2 Å². The fourth-order valence-corrected chi connectivity index (χ4v) is 1.49. The Labute approximate surface area is 96.4 Å². The van der Waals surface area contributed by atoms with E-state index in [2.05, 4.69) is 20.7 Å². The Bertz CT molecular complexity index is 356. The predicted octanol–water partition coefficient (Wildman–Crippen LogP) is 1.85. The molecule has 1 atom stereocenters. The van der Waals surface area contributed by atoms with E-state index >= 15 is 0 Å². The third kappa shape index (κ3) is 2.41. The lowest BCUT2D eigenvalue weighted by Crippen LogP contribution is -2.40. The standard InChI is InChI=1S/C10H13BrO4/c1-10(2,8(12)9(13)14-3)7-4-6(11)5-15-7/h4-5,8,12H,1-3H3. The predicted molar refractivity (Wildman–Crippen MR) is 57.5 cm³/mol. The molecule has 0 saturated heterocycles. The van der Waals surface area contributed by atoms with Crippen LogP contribution in [0.4, 0.5) is 0 Å². The molecule has 84 valence electrons. The molecule has 5 heteroatoms. The fourth-order valence-electron chi connectivity index (χ4n) is 1.19. The molecule has 1 N–H and O–H groups in total. The topological polar surface area (TPSA) is 59.7 Å². The van der Waals surface area contributed by atoms with E-state index in [1.54, 1.807) is 19.9 Å². The highest BCUT2D eigenvalue weighted by molar-refractivity contribution is 9.10. The second-order valence-corrected chi connectivity index (χ2v) is 4.69. The van der Waals surface area contributed by atoms with Crippen molar-refractivity contribution in [1.82, 2.24) is 0 Å². The molecule has 0 saturated carbocycles. The van der Waals surface area contributed by atoms with Gasteiger partial charge >= 0.3 is 5.97 Å². The number of ether oxygens (including phenoxy) is 1. The van der Waals surface area contributed by atoms with Crippen molar-refractivity contribution in [2.45, 2.75) is 25.4 Å². The van der Waals surface area contributed by atoms with Crippen LogP contribution in [0.3, 0.4) is 0 Å². The molecular weight excluding hydrogens is 264 g/mol. The monoisotopic (exact) mass is 276 g/mol. The van der Waals surface area contributed by atoms with Crippen LogP contribution in [0.25, 0.3) is 0 Å². The minimum Gasteiger partial charge on any atom is -0.467 e. The fraction of sp³-hybridized carbons (Fsp3) is 0.500. The second kappa shape index (κ2) is 4.37. The van der Waals surface area contributed by atoms with Gasteiger partial charge in [0.25, 0.3) is 0 Å². The average molecular weight is 277 g/mol. The van der Waals surface area contributed by atoms with Gasteiger partial charge in [-0.05, 0) is 35.8 Å². The van der Waals surface area contributed by atoms with Crippen molar-refractivity contribution < 1.29 is 19.1 Å². The number of carbonyl (C=O) groups is 1. The minimum absolute atomic E-state index is 0.521. The van der Waals surface area contributed by atoms with Gasteiger partial charge in [-0.3, -0.25) is 0 Å². The zero-order valence-corrected chi connectivity index (χ0v) is 10.4. The van der Waals surface area contributed by atoms with E-state index in [9.17, 15) is 9.90 Å². The number of carbonyl (C=O) groups excluding carboxylic acids is 1. The molecule has 1 rings (SSSR count). The Kier molecular flexibility index (Phi) is 3.57. The van der Waals surface area contributed by atoms with Gasteiger partial charge in [0.1, 0.15) is 12.0 Å². The van der Waals surface area contributed by atoms with Crippen molar-refractivity contribution >= 4 is 21.9 Å². The maximum absolute atomic E-state index is 11.2. The van der Waals surface area contributed by atoms with Gasteiger partial charge in [-0.25, -0.2) is 4.79 Å². The Hall–Kier alpha value is -0.810. The van der Waals surface area contributed by atoms with Gasteiger partial charge < -0.3 is 14.3 Å². The van der Waals surface area contributed by atoms with Gasteiger partial charge in [-0.15, -0.1) is 0 Å². The summed E-state index contributed by atoms with van der Waals surface area (Å²) >= 11 is 3.24. The minimum atomic E-state index is -1.25. The Morgan fingerprint density at radius 2 is 2.27 bits per heavy atom. The molecule has 0 aliphatic rings. The number of methoxy groups -OCH3 is 1. The summed E-state index contributed by atoms with van der Waals surface area (Å²) < 4.78 is 10.5. The number of hydrogen-bond donors (Lipinski definition) is 1. The number of aliphatic hydroxyl groups is 1. The van der Waals surface area contributed by atoms with Crippen LogP contribution in [0, 0.1) is 0 Å². The summed E-state index contributed by atoms with van der Waals surface area (Å²) in [6.07, 6.45) is 0.252. The molecule has 0 aromatic carbocycles. The largest absolute Gasteiger partial charge is 0.467 e. The van der Waals surface area contributed by atoms with Crippen LogP contribution in [0.1, 0.15) is 19.6 Å². The quantitative estimate of drug-likeness (QED) is 0.857. The van der Waals surface area contributed by atoms with Gasteiger partial charge in [-0.2, -0.15) is 0 Å². The van der Waals surface area contributed by atoms with Gasteiger partial charge in [0, 0.05) is 0 Å². The van der Waals surface area contributed by atoms with Gasteiger partial charge in [0.05, 0.1) is 17.0 Å². The summed E-state index contributed by atoms with van der Waals surface area (Å²) in [4.78, 5) is 11.2. The molecule has 15 heavy (non-hydrogen) atoms. The average Bonchev–Trinajstić information content (AvgIpc) is 2.63. The summed E-state index contributed by atoms with van der Waals surface area (Å²) in [5, 5.41) is 9.76. The van der Waals surface area contributed by atoms with Crippen LogP contribution in [-0.2, 0) is 14.9 Å². The molecule has 0 aliphatic heterocycles. The lowest BCUT2D eigenvalue weighted by Gasteiger charge is -2.26. The summed E-state index contributed by atoms with van der Waals surface area (Å²) in [6.45, 7) is 3.42. The van der Waals surface area contributed by atoms with Crippen molar-refractivity contribution in [3.05, 3.63) is 22.6 Å². The molecular formula is C10H13BrO4. The first kappa shape index (κ1) is 12.3. The third-order valence-corrected chi connectivity index (χ3v) is 2.73. The SMILES string of the molecule is COC(=O)C(O)C(C)(C)c1cc(Br)co1. The highest BCUT2D eigenvalue weighted by atomic mass is 79.9. The first-order chi connectivity index (χ1) is 6.89. The Balaban J connectivity index is 2.96. The Morgan fingerprint density at radius 1 is 1.67 bits per heavy atom. The molecule has 1 unspecified atom stereocenters. The van der Waals surface area contributed by atoms with Crippen LogP contribution >= 0.6 is 15.9 Å². The van der Waals surface area contributed by atoms with E-state index in [0.29, 0.717) is 5.76 Å². The van der Waals surface area contributed by atoms with Crippen molar-refractivity contribution in [2.24, 2.45) is 0 Å². The maximum atomic E-state index is 11.2. The van der Waals surface area contributed by atoms with Crippen LogP contribution in [0.5, 0.6) is 0 Å². The first-order valence-corrected chi connectivity index (χ1v) is 5.19. The summed E-state index contributed by atoms with van der Waals surface area (Å²) in [6, 6.07) is 1.71. The normalized spacial score (nSPS) is 13.7. The van der Waals surface area contributed by atoms with Crippen LogP contribution in [-0.4, -0.2) is 24.3 Å². The lowest BCUT2D eigenvalue weighted by atomic mass is 9.84. The third-order valence-electron chi connectivity index (χ3n) is 2.31. The number of halogens is 1. The highest BCUT2D eigenvalue weighted by Gasteiger charge is 2.38. The second-order valence-electron chi connectivity index (χ2n) is 3.78. The van der Waals surface area contributed by atoms with E-state index in [-0.39, 0.29) is 0 Å². The van der Waals surface area contributed by atoms with E-state index in [0.717, 1.165) is 4.47 Å². The molecule has 1 aromatic heterocycles. The van der Waals surface area contributed by atoms with Crippen LogP contribution in [0.2, 0.25) is 0 Å². The summed E-state index contributed by atoms with van der Waals surface area (Å²) in [5.74, 6) is -0.153. The number of esters is 1. The lowest BCUT2D eigenvalue weighted by molar-refractivity contribution is -0.154. The van der Waals surface area contributed by atoms with E-state index in [1.165, 1.54) is 13.4 Å². The Morgan fingerprint density at radius 3 is 2.67 bits per heavy atom. The number of rotatable bonds is 3. The molecule has 0 amide bonds. The molecule has 1 aromatic rings. The van der Waals surface area contributed by atoms with Crippen molar-refractivity contribution in [3.8, 4) is 0 Å². The number of furan rings is 1. The molecule has 0 aliphatic carbocycles. The van der Waals surface area contributed by atoms with Gasteiger partial charge in [-0.1, -0.05) is 0 Å². The maximum Gasteiger partial charge on any atom is 0.335 e. The van der Waals surface area contributed by atoms with Crippen molar-refractivity contribution in [1.29, 1.82) is 0 Å². The van der Waals surface area contributed by atoms with E-state index in [4.69, 9.17) is 4.42 Å². The van der Waals surface area contributed by atoms with Crippen molar-refractivity contribution in [3.63, 3.8) is 0 Å². The smallest absolute Gasteiger partial charge is 0.335 e. The van der Waals surface area contributed by atoms with Crippen LogP contribution < -0.4 is 0 Å². The molecule has 0 radical (unpaired) electrons. The van der Waals surface area contributed by atoms with Crippen molar-refractivity contribution in [2.75, 3.05) is 7.11 Å². The zero-order valence-electron chi connectivity index (χ0n) is 8.78. The highest BCUT2D eigenvalue weighted by Crippen LogP contribution is 2.30. The van der Waals surface area contributed by atoms with E-state index < -0.39 is 17.5 Å². The molecule has 0 fully saturated rings. The first-order valence-electron chi connectivity index (χ1n) is 4.40. The molecule has 4 nitrogen and oxygen atoms in total. The molecule has 1 heterocycles. The number of aliphatic hydroxyl groups excluding tert-OH is 1. The summed E-state index contributed by atoms with van der Waals surface area (Å²) in [7, 11) is 1.24. The zero-order chi connectivity index (χ0) is 11.6. The summed E-state index contributed by atoms with van der Waals surface area (Å²) in [5.41, 5.74) is -0.820.